The number of carbonyl (C=O) groups excluding carboxylic acids is 1. The molecule has 9 nitrogen and oxygen atoms in total. The fraction of sp³-hybridized carbons (Fsp3) is 0.308. The minimum atomic E-state index is -0.704. The second-order valence-electron chi connectivity index (χ2n) is 9.81. The predicted molar refractivity (Wildman–Crippen MR) is 139 cm³/mol. The zero-order valence-electron chi connectivity index (χ0n) is 21.1. The lowest BCUT2D eigenvalue weighted by Crippen LogP contribution is -2.24. The summed E-state index contributed by atoms with van der Waals surface area (Å²) >= 11 is 0. The molecule has 0 radical (unpaired) electrons. The van der Waals surface area contributed by atoms with Gasteiger partial charge in [-0.1, -0.05) is 32.0 Å². The second-order valence-corrected chi connectivity index (χ2v) is 9.81. The van der Waals surface area contributed by atoms with Crippen LogP contribution in [0.15, 0.2) is 51.9 Å². The van der Waals surface area contributed by atoms with Gasteiger partial charge in [0.1, 0.15) is 11.6 Å². The van der Waals surface area contributed by atoms with Crippen LogP contribution in [0.2, 0.25) is 0 Å². The van der Waals surface area contributed by atoms with E-state index in [1.54, 1.807) is 29.9 Å². The van der Waals surface area contributed by atoms with Crippen LogP contribution in [0.3, 0.4) is 0 Å². The first-order chi connectivity index (χ1) is 17.0. The summed E-state index contributed by atoms with van der Waals surface area (Å²) in [6.07, 6.45) is 1.68. The lowest BCUT2D eigenvalue weighted by Gasteiger charge is -2.17. The molecular weight excluding hydrogens is 463 g/mol. The Balaban J connectivity index is 1.68. The summed E-state index contributed by atoms with van der Waals surface area (Å²) in [7, 11) is 1.76. The fourth-order valence-corrected chi connectivity index (χ4v) is 3.83. The molecule has 0 unspecified atom stereocenters. The van der Waals surface area contributed by atoms with Crippen molar-refractivity contribution in [3.05, 3.63) is 64.5 Å². The molecule has 0 aliphatic carbocycles. The Morgan fingerprint density at radius 2 is 1.86 bits per heavy atom. The molecular formula is C26H29FN6O3. The molecule has 0 atom stereocenters. The molecule has 3 aromatic heterocycles. The Morgan fingerprint density at radius 1 is 1.11 bits per heavy atom. The number of benzene rings is 1. The van der Waals surface area contributed by atoms with Gasteiger partial charge in [-0.05, 0) is 37.6 Å². The average Bonchev–Trinajstić information content (AvgIpc) is 3.28. The maximum Gasteiger partial charge on any atom is 0.326 e. The second kappa shape index (κ2) is 9.44. The number of aromatic nitrogens is 3. The number of anilines is 3. The highest BCUT2D eigenvalue weighted by atomic mass is 19.1. The van der Waals surface area contributed by atoms with Gasteiger partial charge in [-0.25, -0.2) is 14.2 Å². The minimum Gasteiger partial charge on any atom is -0.373 e. The summed E-state index contributed by atoms with van der Waals surface area (Å²) in [6, 6.07) is 8.47. The van der Waals surface area contributed by atoms with Crippen molar-refractivity contribution in [2.45, 2.75) is 46.1 Å². The number of urea groups is 1. The summed E-state index contributed by atoms with van der Waals surface area (Å²) in [6.45, 7) is 9.73. The van der Waals surface area contributed by atoms with Crippen LogP contribution in [-0.2, 0) is 5.41 Å². The summed E-state index contributed by atoms with van der Waals surface area (Å²) in [4.78, 5) is 30.4. The zero-order valence-corrected chi connectivity index (χ0v) is 21.1. The summed E-state index contributed by atoms with van der Waals surface area (Å²) < 4.78 is 21.4. The number of nitrogens with one attached hydrogen (secondary N) is 3. The molecule has 36 heavy (non-hydrogen) atoms. The van der Waals surface area contributed by atoms with Crippen LogP contribution in [0.25, 0.3) is 22.0 Å². The predicted octanol–water partition coefficient (Wildman–Crippen LogP) is 5.75. The van der Waals surface area contributed by atoms with Crippen molar-refractivity contribution in [2.75, 3.05) is 23.0 Å². The van der Waals surface area contributed by atoms with Gasteiger partial charge in [0.25, 0.3) is 5.56 Å². The molecule has 0 saturated carbocycles. The number of hydrogen-bond acceptors (Lipinski definition) is 6. The van der Waals surface area contributed by atoms with Crippen LogP contribution in [-0.4, -0.2) is 27.8 Å². The number of carbonyl (C=O) groups is 1. The number of fused-ring (bicyclic) bond motifs is 1. The normalized spacial score (nSPS) is 11.7. The molecule has 0 fully saturated rings. The van der Waals surface area contributed by atoms with Crippen molar-refractivity contribution >= 4 is 34.3 Å². The largest absolute Gasteiger partial charge is 0.373 e. The quantitative estimate of drug-likeness (QED) is 0.327. The van der Waals surface area contributed by atoms with Crippen molar-refractivity contribution < 1.29 is 13.7 Å². The van der Waals surface area contributed by atoms with E-state index in [1.807, 2.05) is 40.7 Å². The smallest absolute Gasteiger partial charge is 0.326 e. The highest BCUT2D eigenvalue weighted by Crippen LogP contribution is 2.28. The summed E-state index contributed by atoms with van der Waals surface area (Å²) in [5.41, 5.74) is 1.65. The van der Waals surface area contributed by atoms with E-state index in [-0.39, 0.29) is 28.6 Å². The highest BCUT2D eigenvalue weighted by Gasteiger charge is 2.20. The first-order valence-corrected chi connectivity index (χ1v) is 11.6. The van der Waals surface area contributed by atoms with Gasteiger partial charge in [-0.15, -0.1) is 0 Å². The van der Waals surface area contributed by atoms with E-state index in [9.17, 15) is 14.0 Å². The topological polar surface area (TPSA) is 114 Å². The van der Waals surface area contributed by atoms with E-state index in [2.05, 4.69) is 26.1 Å². The van der Waals surface area contributed by atoms with Crippen molar-refractivity contribution in [1.29, 1.82) is 0 Å². The van der Waals surface area contributed by atoms with Crippen LogP contribution in [0.1, 0.15) is 46.4 Å². The number of nitrogens with zero attached hydrogens (tertiary/aromatic N) is 3. The third kappa shape index (κ3) is 4.93. The molecule has 3 heterocycles. The third-order valence-electron chi connectivity index (χ3n) is 5.73. The molecule has 0 aliphatic rings. The average molecular weight is 493 g/mol. The van der Waals surface area contributed by atoms with Crippen LogP contribution >= 0.6 is 0 Å². The van der Waals surface area contributed by atoms with Gasteiger partial charge in [-0.3, -0.25) is 10.1 Å². The molecule has 188 valence electrons. The molecule has 3 N–H and O–H groups in total. The Kier molecular flexibility index (Phi) is 6.53. The first-order valence-electron chi connectivity index (χ1n) is 11.6. The van der Waals surface area contributed by atoms with Gasteiger partial charge in [0, 0.05) is 47.8 Å². The van der Waals surface area contributed by atoms with Crippen LogP contribution < -0.4 is 21.5 Å². The number of amides is 2. The minimum absolute atomic E-state index is 0.0835. The van der Waals surface area contributed by atoms with E-state index in [1.165, 1.54) is 18.2 Å². The van der Waals surface area contributed by atoms with Gasteiger partial charge in [0.15, 0.2) is 0 Å². The van der Waals surface area contributed by atoms with Crippen molar-refractivity contribution in [3.8, 4) is 11.1 Å². The van der Waals surface area contributed by atoms with Crippen molar-refractivity contribution in [1.82, 2.24) is 14.7 Å². The maximum atomic E-state index is 14.6. The Morgan fingerprint density at radius 3 is 2.50 bits per heavy atom. The molecule has 4 rings (SSSR count). The number of rotatable bonds is 5. The number of hydrogen-bond donors (Lipinski definition) is 3. The van der Waals surface area contributed by atoms with Gasteiger partial charge < -0.3 is 19.7 Å². The molecule has 0 spiro atoms. The molecule has 4 aromatic rings. The van der Waals surface area contributed by atoms with Crippen molar-refractivity contribution in [2.24, 2.45) is 0 Å². The zero-order chi connectivity index (χ0) is 26.2. The molecule has 0 bridgehead atoms. The number of pyridine rings is 2. The third-order valence-corrected chi connectivity index (χ3v) is 5.73. The molecule has 1 aromatic carbocycles. The van der Waals surface area contributed by atoms with E-state index in [0.29, 0.717) is 22.6 Å². The van der Waals surface area contributed by atoms with Crippen LogP contribution in [0.4, 0.5) is 26.6 Å². The molecule has 0 aliphatic heterocycles. The Bertz CT molecular complexity index is 1500. The van der Waals surface area contributed by atoms with Crippen LogP contribution in [0, 0.1) is 5.82 Å². The van der Waals surface area contributed by atoms with Gasteiger partial charge in [-0.2, -0.15) is 0 Å². The van der Waals surface area contributed by atoms with Gasteiger partial charge in [0.2, 0.25) is 5.88 Å². The van der Waals surface area contributed by atoms with E-state index >= 15 is 0 Å². The van der Waals surface area contributed by atoms with Crippen LogP contribution in [0.5, 0.6) is 0 Å². The summed E-state index contributed by atoms with van der Waals surface area (Å²) in [5, 5.41) is 12.7. The van der Waals surface area contributed by atoms with Gasteiger partial charge >= 0.3 is 6.03 Å². The Labute approximate surface area is 207 Å². The van der Waals surface area contributed by atoms with E-state index in [0.717, 1.165) is 10.9 Å². The Hall–Kier alpha value is -4.21. The molecule has 0 saturated heterocycles. The first kappa shape index (κ1) is 24.9. The number of halogens is 1. The SMILES string of the molecule is CNc1cc2c(cn1)cc(-c1ccc(F)c(NC(=O)Nc3cc(C(C)(C)C)no3)c1)c(=O)n2C(C)C. The highest BCUT2D eigenvalue weighted by molar-refractivity contribution is 5.99. The lowest BCUT2D eigenvalue weighted by atomic mass is 9.92. The summed E-state index contributed by atoms with van der Waals surface area (Å²) in [5.74, 6) is 0.133. The monoisotopic (exact) mass is 492 g/mol. The maximum absolute atomic E-state index is 14.6. The molecule has 2 amide bonds. The molecule has 10 heteroatoms. The van der Waals surface area contributed by atoms with Gasteiger partial charge in [0.05, 0.1) is 16.9 Å². The van der Waals surface area contributed by atoms with E-state index in [4.69, 9.17) is 4.52 Å². The standard InChI is InChI=1S/C26H29FN6O3/c1-14(2)33-20-11-22(28-6)29-13-16(20)9-17(24(33)34)15-7-8-18(27)19(10-15)30-25(35)31-23-12-21(32-36-23)26(3,4)5/h7-14H,1-6H3,(H,28,29)(H2,30,31,35). The fourth-order valence-electron chi connectivity index (χ4n) is 3.83. The van der Waals surface area contributed by atoms with Crippen molar-refractivity contribution in [3.63, 3.8) is 0 Å². The van der Waals surface area contributed by atoms with E-state index < -0.39 is 11.8 Å². The lowest BCUT2D eigenvalue weighted by molar-refractivity contribution is 0.261.